The van der Waals surface area contributed by atoms with Crippen molar-refractivity contribution in [3.8, 4) is 0 Å². The van der Waals surface area contributed by atoms with Crippen molar-refractivity contribution in [1.82, 2.24) is 5.32 Å². The summed E-state index contributed by atoms with van der Waals surface area (Å²) in [5.74, 6) is -4.48. The van der Waals surface area contributed by atoms with Crippen molar-refractivity contribution < 1.29 is 21.6 Å². The lowest BCUT2D eigenvalue weighted by Gasteiger charge is -2.23. The number of hydrogen-bond donors (Lipinski definition) is 2. The van der Waals surface area contributed by atoms with Crippen molar-refractivity contribution in [1.29, 1.82) is 0 Å². The van der Waals surface area contributed by atoms with Gasteiger partial charge in [-0.05, 0) is 25.9 Å². The largest absolute Gasteiger partial charge is 0.317 e. The van der Waals surface area contributed by atoms with Crippen LogP contribution in [0.25, 0.3) is 0 Å². The molecule has 0 radical (unpaired) electrons. The zero-order chi connectivity index (χ0) is 14.0. The maximum Gasteiger partial charge on any atom is 0.235 e. The highest BCUT2D eigenvalue weighted by Crippen LogP contribution is 2.21. The molecule has 0 atom stereocenters. The molecule has 8 heteroatoms. The van der Waals surface area contributed by atoms with E-state index in [4.69, 9.17) is 0 Å². The number of benzene rings is 1. The Hall–Kier alpha value is -1.28. The summed E-state index contributed by atoms with van der Waals surface area (Å²) in [4.78, 5) is 0. The van der Waals surface area contributed by atoms with Crippen LogP contribution >= 0.6 is 0 Å². The molecule has 2 rings (SSSR count). The van der Waals surface area contributed by atoms with E-state index in [0.717, 1.165) is 0 Å². The lowest BCUT2D eigenvalue weighted by molar-refractivity contribution is 0.448. The SMILES string of the molecule is O=S(=O)(Nc1cc(F)c(F)c(F)c1)C1CCNCC1. The molecule has 0 amide bonds. The highest BCUT2D eigenvalue weighted by molar-refractivity contribution is 7.93. The maximum absolute atomic E-state index is 13.0. The average molecular weight is 294 g/mol. The lowest BCUT2D eigenvalue weighted by atomic mass is 10.2. The van der Waals surface area contributed by atoms with E-state index in [0.29, 0.717) is 38.1 Å². The van der Waals surface area contributed by atoms with E-state index >= 15 is 0 Å². The van der Waals surface area contributed by atoms with Crippen LogP contribution in [0.5, 0.6) is 0 Å². The smallest absolute Gasteiger partial charge is 0.235 e. The third-order valence-corrected chi connectivity index (χ3v) is 4.84. The average Bonchev–Trinajstić information content (AvgIpc) is 2.36. The second-order valence-electron chi connectivity index (χ2n) is 4.35. The van der Waals surface area contributed by atoms with Gasteiger partial charge >= 0.3 is 0 Å². The molecule has 2 N–H and O–H groups in total. The minimum atomic E-state index is -3.73. The van der Waals surface area contributed by atoms with Crippen molar-refractivity contribution in [3.63, 3.8) is 0 Å². The Labute approximate surface area is 109 Å². The highest BCUT2D eigenvalue weighted by atomic mass is 32.2. The predicted octanol–water partition coefficient (Wildman–Crippen LogP) is 1.60. The van der Waals surface area contributed by atoms with Crippen molar-refractivity contribution >= 4 is 15.7 Å². The van der Waals surface area contributed by atoms with Gasteiger partial charge in [-0.1, -0.05) is 0 Å². The summed E-state index contributed by atoms with van der Waals surface area (Å²) in [6.07, 6.45) is 0.836. The molecule has 1 heterocycles. The van der Waals surface area contributed by atoms with Gasteiger partial charge in [0.05, 0.1) is 10.9 Å². The van der Waals surface area contributed by atoms with Crippen molar-refractivity contribution in [2.75, 3.05) is 17.8 Å². The van der Waals surface area contributed by atoms with Gasteiger partial charge in [-0.3, -0.25) is 4.72 Å². The molecule has 0 aliphatic carbocycles. The standard InChI is InChI=1S/C11H13F3N2O2S/c12-9-5-7(6-10(13)11(9)14)16-19(17,18)8-1-3-15-4-2-8/h5-6,8,15-16H,1-4H2. The van der Waals surface area contributed by atoms with Crippen LogP contribution in [0.1, 0.15) is 12.8 Å². The first kappa shape index (κ1) is 14.1. The summed E-state index contributed by atoms with van der Waals surface area (Å²) < 4.78 is 64.8. The fourth-order valence-corrected chi connectivity index (χ4v) is 3.44. The first-order valence-corrected chi connectivity index (χ1v) is 7.31. The summed E-state index contributed by atoms with van der Waals surface area (Å²) in [5, 5.41) is 2.39. The van der Waals surface area contributed by atoms with E-state index in [1.54, 1.807) is 0 Å². The molecule has 0 spiro atoms. The van der Waals surface area contributed by atoms with Crippen molar-refractivity contribution in [2.45, 2.75) is 18.1 Å². The molecule has 0 saturated carbocycles. The second-order valence-corrected chi connectivity index (χ2v) is 6.31. The molecular formula is C11H13F3N2O2S. The van der Waals surface area contributed by atoms with Crippen LogP contribution in [0.3, 0.4) is 0 Å². The Morgan fingerprint density at radius 3 is 2.16 bits per heavy atom. The summed E-state index contributed by atoms with van der Waals surface area (Å²) in [5.41, 5.74) is -0.310. The molecule has 1 aliphatic rings. The van der Waals surface area contributed by atoms with Crippen LogP contribution in [-0.2, 0) is 10.0 Å². The molecule has 0 aromatic heterocycles. The van der Waals surface area contributed by atoms with Gasteiger partial charge < -0.3 is 5.32 Å². The molecular weight excluding hydrogens is 281 g/mol. The third-order valence-electron chi connectivity index (χ3n) is 2.97. The molecule has 0 bridgehead atoms. The number of hydrogen-bond acceptors (Lipinski definition) is 3. The minimum Gasteiger partial charge on any atom is -0.317 e. The fraction of sp³-hybridized carbons (Fsp3) is 0.455. The zero-order valence-corrected chi connectivity index (χ0v) is 10.7. The molecule has 106 valence electrons. The van der Waals surface area contributed by atoms with Crippen LogP contribution in [0, 0.1) is 17.5 Å². The Morgan fingerprint density at radius 2 is 1.63 bits per heavy atom. The van der Waals surface area contributed by atoms with E-state index in [-0.39, 0.29) is 5.69 Å². The fourth-order valence-electron chi connectivity index (χ4n) is 1.97. The molecule has 1 fully saturated rings. The number of anilines is 1. The van der Waals surface area contributed by atoms with Gasteiger partial charge in [-0.2, -0.15) is 0 Å². The maximum atomic E-state index is 13.0. The predicted molar refractivity (Wildman–Crippen MR) is 64.8 cm³/mol. The molecule has 1 aromatic rings. The topological polar surface area (TPSA) is 58.2 Å². The first-order valence-electron chi connectivity index (χ1n) is 5.77. The first-order chi connectivity index (χ1) is 8.90. The van der Waals surface area contributed by atoms with Crippen LogP contribution in [-0.4, -0.2) is 26.8 Å². The van der Waals surface area contributed by atoms with Crippen molar-refractivity contribution in [3.05, 3.63) is 29.6 Å². The highest BCUT2D eigenvalue weighted by Gasteiger charge is 2.27. The van der Waals surface area contributed by atoms with E-state index < -0.39 is 32.7 Å². The molecule has 1 aliphatic heterocycles. The lowest BCUT2D eigenvalue weighted by Crippen LogP contribution is -2.38. The Kier molecular flexibility index (Phi) is 4.00. The van der Waals surface area contributed by atoms with E-state index in [9.17, 15) is 21.6 Å². The van der Waals surface area contributed by atoms with Gasteiger partial charge in [0.1, 0.15) is 0 Å². The van der Waals surface area contributed by atoms with Gasteiger partial charge in [0, 0.05) is 12.1 Å². The summed E-state index contributed by atoms with van der Waals surface area (Å²) in [6, 6.07) is 1.24. The van der Waals surface area contributed by atoms with Gasteiger partial charge in [0.2, 0.25) is 10.0 Å². The summed E-state index contributed by atoms with van der Waals surface area (Å²) >= 11 is 0. The van der Waals surface area contributed by atoms with E-state index in [1.165, 1.54) is 0 Å². The number of nitrogens with one attached hydrogen (secondary N) is 2. The van der Waals surface area contributed by atoms with Gasteiger partial charge in [-0.25, -0.2) is 21.6 Å². The summed E-state index contributed by atoms with van der Waals surface area (Å²) in [7, 11) is -3.73. The number of halogens is 3. The van der Waals surface area contributed by atoms with E-state index in [1.807, 2.05) is 0 Å². The Morgan fingerprint density at radius 1 is 1.11 bits per heavy atom. The van der Waals surface area contributed by atoms with Crippen LogP contribution in [0.2, 0.25) is 0 Å². The van der Waals surface area contributed by atoms with Crippen molar-refractivity contribution in [2.24, 2.45) is 0 Å². The monoisotopic (exact) mass is 294 g/mol. The Balaban J connectivity index is 2.20. The third kappa shape index (κ3) is 3.19. The van der Waals surface area contributed by atoms with Gasteiger partial charge in [0.15, 0.2) is 17.5 Å². The van der Waals surface area contributed by atoms with Crippen LogP contribution in [0.15, 0.2) is 12.1 Å². The summed E-state index contributed by atoms with van der Waals surface area (Å²) in [6.45, 7) is 1.13. The second kappa shape index (κ2) is 5.38. The molecule has 19 heavy (non-hydrogen) atoms. The molecule has 4 nitrogen and oxygen atoms in total. The molecule has 1 aromatic carbocycles. The number of sulfonamides is 1. The molecule has 1 saturated heterocycles. The van der Waals surface area contributed by atoms with Crippen LogP contribution < -0.4 is 10.0 Å². The minimum absolute atomic E-state index is 0.310. The normalized spacial score (nSPS) is 17.4. The number of rotatable bonds is 3. The number of piperidine rings is 1. The molecule has 0 unspecified atom stereocenters. The zero-order valence-electron chi connectivity index (χ0n) is 9.92. The van der Waals surface area contributed by atoms with Crippen LogP contribution in [0.4, 0.5) is 18.9 Å². The van der Waals surface area contributed by atoms with Gasteiger partial charge in [0.25, 0.3) is 0 Å². The Bertz CT molecular complexity index is 548. The van der Waals surface area contributed by atoms with E-state index in [2.05, 4.69) is 10.0 Å². The van der Waals surface area contributed by atoms with Gasteiger partial charge in [-0.15, -0.1) is 0 Å². The quantitative estimate of drug-likeness (QED) is 0.833.